The summed E-state index contributed by atoms with van der Waals surface area (Å²) in [6.07, 6.45) is -1.68. The lowest BCUT2D eigenvalue weighted by Gasteiger charge is -2.62. The molecule has 2 fully saturated rings. The van der Waals surface area contributed by atoms with Crippen LogP contribution < -0.4 is 11.2 Å². The topological polar surface area (TPSA) is 115 Å². The first kappa shape index (κ1) is 22.8. The van der Waals surface area contributed by atoms with Gasteiger partial charge in [0, 0.05) is 39.9 Å². The maximum absolute atomic E-state index is 13.3. The Kier molecular flexibility index (Phi) is 4.90. The van der Waals surface area contributed by atoms with Crippen LogP contribution in [-0.4, -0.2) is 70.5 Å². The van der Waals surface area contributed by atoms with Crippen LogP contribution in [-0.2, 0) is 31.6 Å². The Hall–Kier alpha value is -3.97. The Morgan fingerprint density at radius 1 is 1.11 bits per heavy atom. The zero-order valence-electron chi connectivity index (χ0n) is 18.7. The minimum Gasteiger partial charge on any atom is -0.332 e. The molecule has 3 aromatic rings. The predicted molar refractivity (Wildman–Crippen MR) is 114 cm³/mol. The fourth-order valence-electron chi connectivity index (χ4n) is 4.77. The third kappa shape index (κ3) is 3.34. The molecule has 5 heterocycles. The van der Waals surface area contributed by atoms with E-state index in [1.165, 1.54) is 34.5 Å². The third-order valence-corrected chi connectivity index (χ3v) is 6.77. The molecule has 0 bridgehead atoms. The molecule has 0 radical (unpaired) electrons. The molecule has 2 aliphatic rings. The van der Waals surface area contributed by atoms with Crippen molar-refractivity contribution < 1.29 is 22.8 Å². The summed E-state index contributed by atoms with van der Waals surface area (Å²) < 4.78 is 43.3. The first-order valence-electron chi connectivity index (χ1n) is 10.7. The standard InChI is InChI=1S/C21H20F3N7O4/c1-27-16-15(18(34)28(2)19(27)35)29(11-26-16)8-13(32)31-7-5-20(31)9-30(10-20)17(33)14-12(21(22,23)24)4-3-6-25-14/h3-4,6,11H,5,7-10H2,1-2H3. The molecule has 5 rings (SSSR count). The van der Waals surface area contributed by atoms with E-state index in [1.54, 1.807) is 4.90 Å². The van der Waals surface area contributed by atoms with Gasteiger partial charge in [-0.25, -0.2) is 9.78 Å². The zero-order valence-corrected chi connectivity index (χ0v) is 18.7. The number of carbonyl (C=O) groups excluding carboxylic acids is 2. The van der Waals surface area contributed by atoms with Gasteiger partial charge in [0.1, 0.15) is 12.2 Å². The normalized spacial score (nSPS) is 16.9. The quantitative estimate of drug-likeness (QED) is 0.509. The van der Waals surface area contributed by atoms with Gasteiger partial charge < -0.3 is 14.4 Å². The van der Waals surface area contributed by atoms with Crippen LogP contribution in [0.5, 0.6) is 0 Å². The molecule has 0 atom stereocenters. The SMILES string of the molecule is Cn1c(=O)c2c(ncn2CC(=O)N2CCC23CN(C(=O)c2ncccc2C(F)(F)F)C3)n(C)c1=O. The molecule has 2 aliphatic heterocycles. The van der Waals surface area contributed by atoms with E-state index in [1.807, 2.05) is 0 Å². The van der Waals surface area contributed by atoms with Gasteiger partial charge in [-0.1, -0.05) is 0 Å². The number of fused-ring (bicyclic) bond motifs is 1. The highest BCUT2D eigenvalue weighted by molar-refractivity contribution is 5.95. The lowest BCUT2D eigenvalue weighted by molar-refractivity contribution is -0.162. The van der Waals surface area contributed by atoms with Gasteiger partial charge in [-0.3, -0.25) is 28.5 Å². The Bertz CT molecular complexity index is 1500. The summed E-state index contributed by atoms with van der Waals surface area (Å²) in [6, 6.07) is 1.93. The number of carbonyl (C=O) groups is 2. The van der Waals surface area contributed by atoms with E-state index in [0.717, 1.165) is 22.9 Å². The fourth-order valence-corrected chi connectivity index (χ4v) is 4.77. The van der Waals surface area contributed by atoms with E-state index in [4.69, 9.17) is 0 Å². The van der Waals surface area contributed by atoms with E-state index in [2.05, 4.69) is 9.97 Å². The Balaban J connectivity index is 1.33. The number of halogens is 3. The largest absolute Gasteiger partial charge is 0.418 e. The summed E-state index contributed by atoms with van der Waals surface area (Å²) in [5.74, 6) is -1.17. The molecule has 35 heavy (non-hydrogen) atoms. The average Bonchev–Trinajstić information content (AvgIpc) is 3.17. The lowest BCUT2D eigenvalue weighted by atomic mass is 9.77. The molecule has 0 saturated carbocycles. The Morgan fingerprint density at radius 2 is 1.83 bits per heavy atom. The minimum absolute atomic E-state index is 0.0897. The van der Waals surface area contributed by atoms with Gasteiger partial charge in [-0.05, 0) is 18.6 Å². The summed E-state index contributed by atoms with van der Waals surface area (Å²) in [5, 5.41) is 0. The molecule has 1 spiro atoms. The first-order chi connectivity index (χ1) is 16.4. The van der Waals surface area contributed by atoms with Gasteiger partial charge in [0.25, 0.3) is 11.5 Å². The Morgan fingerprint density at radius 3 is 2.46 bits per heavy atom. The molecule has 184 valence electrons. The second-order valence-electron chi connectivity index (χ2n) is 8.83. The number of alkyl halides is 3. The van der Waals surface area contributed by atoms with Gasteiger partial charge in [-0.15, -0.1) is 0 Å². The van der Waals surface area contributed by atoms with E-state index >= 15 is 0 Å². The zero-order chi connectivity index (χ0) is 25.3. The molecule has 0 N–H and O–H groups in total. The van der Waals surface area contributed by atoms with Gasteiger partial charge in [0.2, 0.25) is 5.91 Å². The van der Waals surface area contributed by atoms with Crippen molar-refractivity contribution in [2.24, 2.45) is 14.1 Å². The number of rotatable bonds is 3. The molecule has 0 aliphatic carbocycles. The summed E-state index contributed by atoms with van der Waals surface area (Å²) in [7, 11) is 2.80. The number of imidazole rings is 1. The molecule has 11 nitrogen and oxygen atoms in total. The molecule has 3 aromatic heterocycles. The van der Waals surface area contributed by atoms with Crippen molar-refractivity contribution in [1.29, 1.82) is 0 Å². The molecular weight excluding hydrogens is 471 g/mol. The van der Waals surface area contributed by atoms with Crippen LogP contribution in [0.1, 0.15) is 22.5 Å². The monoisotopic (exact) mass is 491 g/mol. The molecule has 0 unspecified atom stereocenters. The van der Waals surface area contributed by atoms with Gasteiger partial charge in [0.05, 0.1) is 17.4 Å². The maximum Gasteiger partial charge on any atom is 0.418 e. The second kappa shape index (κ2) is 7.52. The van der Waals surface area contributed by atoms with Crippen molar-refractivity contribution in [2.75, 3.05) is 19.6 Å². The first-order valence-corrected chi connectivity index (χ1v) is 10.7. The van der Waals surface area contributed by atoms with E-state index in [9.17, 15) is 32.3 Å². The van der Waals surface area contributed by atoms with Crippen molar-refractivity contribution in [1.82, 2.24) is 33.5 Å². The number of pyridine rings is 1. The van der Waals surface area contributed by atoms with Gasteiger partial charge in [-0.2, -0.15) is 13.2 Å². The Labute approximate surface area is 195 Å². The smallest absolute Gasteiger partial charge is 0.332 e. The lowest BCUT2D eigenvalue weighted by Crippen LogP contribution is -2.78. The molecule has 14 heteroatoms. The molecule has 2 saturated heterocycles. The van der Waals surface area contributed by atoms with E-state index in [0.29, 0.717) is 13.0 Å². The van der Waals surface area contributed by atoms with Crippen LogP contribution in [0.3, 0.4) is 0 Å². The molecule has 0 aromatic carbocycles. The second-order valence-corrected chi connectivity index (χ2v) is 8.83. The summed E-state index contributed by atoms with van der Waals surface area (Å²) in [6.45, 7) is 0.387. The van der Waals surface area contributed by atoms with Crippen LogP contribution in [0.4, 0.5) is 13.2 Å². The molecule has 2 amide bonds. The third-order valence-electron chi connectivity index (χ3n) is 6.77. The van der Waals surface area contributed by atoms with Gasteiger partial charge in [0.15, 0.2) is 11.2 Å². The van der Waals surface area contributed by atoms with Crippen LogP contribution in [0, 0.1) is 0 Å². The maximum atomic E-state index is 13.3. The minimum atomic E-state index is -4.71. The number of hydrogen-bond donors (Lipinski definition) is 0. The highest BCUT2D eigenvalue weighted by Gasteiger charge is 2.57. The van der Waals surface area contributed by atoms with Crippen LogP contribution >= 0.6 is 0 Å². The van der Waals surface area contributed by atoms with Crippen molar-refractivity contribution in [3.8, 4) is 0 Å². The summed E-state index contributed by atoms with van der Waals surface area (Å²) >= 11 is 0. The van der Waals surface area contributed by atoms with Crippen molar-refractivity contribution >= 4 is 23.0 Å². The van der Waals surface area contributed by atoms with Crippen molar-refractivity contribution in [3.63, 3.8) is 0 Å². The number of aromatic nitrogens is 5. The highest BCUT2D eigenvalue weighted by atomic mass is 19.4. The molecular formula is C21H20F3N7O4. The van der Waals surface area contributed by atoms with Crippen molar-refractivity contribution in [3.05, 3.63) is 56.8 Å². The van der Waals surface area contributed by atoms with Crippen LogP contribution in [0.15, 0.2) is 34.2 Å². The number of nitrogens with zero attached hydrogens (tertiary/aromatic N) is 7. The number of hydrogen-bond acceptors (Lipinski definition) is 6. The summed E-state index contributed by atoms with van der Waals surface area (Å²) in [4.78, 5) is 61.0. The van der Waals surface area contributed by atoms with E-state index in [-0.39, 0.29) is 36.7 Å². The van der Waals surface area contributed by atoms with E-state index < -0.39 is 40.1 Å². The average molecular weight is 491 g/mol. The van der Waals surface area contributed by atoms with Crippen LogP contribution in [0.25, 0.3) is 11.2 Å². The van der Waals surface area contributed by atoms with Gasteiger partial charge >= 0.3 is 11.9 Å². The number of aryl methyl sites for hydroxylation is 1. The number of likely N-dealkylation sites (tertiary alicyclic amines) is 2. The predicted octanol–water partition coefficient (Wildman–Crippen LogP) is -0.0254. The number of amides is 2. The highest BCUT2D eigenvalue weighted by Crippen LogP contribution is 2.41. The fraction of sp³-hybridized carbons (Fsp3) is 0.429. The summed E-state index contributed by atoms with van der Waals surface area (Å²) in [5.41, 5.74) is -3.29. The van der Waals surface area contributed by atoms with Crippen molar-refractivity contribution in [2.45, 2.75) is 24.7 Å². The van der Waals surface area contributed by atoms with Crippen LogP contribution in [0.2, 0.25) is 0 Å².